The Morgan fingerprint density at radius 1 is 1.00 bits per heavy atom. The predicted octanol–water partition coefficient (Wildman–Crippen LogP) is 3.42. The molecule has 0 aliphatic rings. The Morgan fingerprint density at radius 2 is 1.81 bits per heavy atom. The molecule has 0 unspecified atom stereocenters. The lowest BCUT2D eigenvalue weighted by Crippen LogP contribution is -2.20. The van der Waals surface area contributed by atoms with Gasteiger partial charge in [-0.2, -0.15) is 0 Å². The van der Waals surface area contributed by atoms with Gasteiger partial charge in [0.1, 0.15) is 11.5 Å². The van der Waals surface area contributed by atoms with Crippen LogP contribution in [0.15, 0.2) is 16.6 Å². The maximum Gasteiger partial charge on any atom is 0.126 e. The van der Waals surface area contributed by atoms with Gasteiger partial charge in [0.15, 0.2) is 0 Å². The van der Waals surface area contributed by atoms with Gasteiger partial charge in [0, 0.05) is 29.8 Å². The highest BCUT2D eigenvalue weighted by atomic mass is 79.9. The lowest BCUT2D eigenvalue weighted by Gasteiger charge is -2.13. The maximum atomic E-state index is 5.45. The zero-order chi connectivity index (χ0) is 15.5. The van der Waals surface area contributed by atoms with Gasteiger partial charge in [-0.15, -0.1) is 0 Å². The number of hydrogen-bond acceptors (Lipinski definition) is 4. The molecule has 0 heterocycles. The molecule has 0 aliphatic heterocycles. The summed E-state index contributed by atoms with van der Waals surface area (Å²) >= 11 is 3.60. The van der Waals surface area contributed by atoms with Crippen LogP contribution in [0.1, 0.15) is 24.8 Å². The van der Waals surface area contributed by atoms with Gasteiger partial charge in [-0.3, -0.25) is 0 Å². The van der Waals surface area contributed by atoms with Crippen LogP contribution < -0.4 is 14.8 Å². The van der Waals surface area contributed by atoms with Gasteiger partial charge in [0.2, 0.25) is 0 Å². The summed E-state index contributed by atoms with van der Waals surface area (Å²) in [4.78, 5) is 0. The summed E-state index contributed by atoms with van der Waals surface area (Å²) in [5.41, 5.74) is 1.21. The quantitative estimate of drug-likeness (QED) is 0.614. The van der Waals surface area contributed by atoms with Crippen molar-refractivity contribution < 1.29 is 14.2 Å². The number of methoxy groups -OCH3 is 3. The largest absolute Gasteiger partial charge is 0.497 e. The SMILES string of the molecule is COCCNCCCCCc1c(Br)cc(OC)cc1OC. The normalized spacial score (nSPS) is 10.7. The van der Waals surface area contributed by atoms with Gasteiger partial charge in [0.05, 0.1) is 20.8 Å². The zero-order valence-electron chi connectivity index (χ0n) is 13.2. The Hall–Kier alpha value is -0.780. The number of ether oxygens (including phenoxy) is 3. The van der Waals surface area contributed by atoms with Crippen molar-refractivity contribution in [2.45, 2.75) is 25.7 Å². The highest BCUT2D eigenvalue weighted by Gasteiger charge is 2.10. The lowest BCUT2D eigenvalue weighted by molar-refractivity contribution is 0.199. The van der Waals surface area contributed by atoms with E-state index in [-0.39, 0.29) is 0 Å². The molecule has 4 nitrogen and oxygen atoms in total. The topological polar surface area (TPSA) is 39.7 Å². The van der Waals surface area contributed by atoms with E-state index in [9.17, 15) is 0 Å². The number of halogens is 1. The molecule has 0 aromatic heterocycles. The van der Waals surface area contributed by atoms with Crippen LogP contribution in [-0.4, -0.2) is 41.0 Å². The number of rotatable bonds is 11. The fraction of sp³-hybridized carbons (Fsp3) is 0.625. The summed E-state index contributed by atoms with van der Waals surface area (Å²) in [5, 5.41) is 3.36. The third kappa shape index (κ3) is 6.68. The first-order chi connectivity index (χ1) is 10.2. The fourth-order valence-corrected chi connectivity index (χ4v) is 2.78. The van der Waals surface area contributed by atoms with Crippen LogP contribution in [0.3, 0.4) is 0 Å². The molecule has 0 saturated heterocycles. The summed E-state index contributed by atoms with van der Waals surface area (Å²) in [7, 11) is 5.09. The molecule has 5 heteroatoms. The minimum atomic E-state index is 0.774. The molecular weight excluding hydrogens is 334 g/mol. The number of benzene rings is 1. The fourth-order valence-electron chi connectivity index (χ4n) is 2.16. The van der Waals surface area contributed by atoms with Crippen LogP contribution >= 0.6 is 15.9 Å². The van der Waals surface area contributed by atoms with E-state index >= 15 is 0 Å². The van der Waals surface area contributed by atoms with Gasteiger partial charge < -0.3 is 19.5 Å². The highest BCUT2D eigenvalue weighted by Crippen LogP contribution is 2.33. The van der Waals surface area contributed by atoms with Gasteiger partial charge in [0.25, 0.3) is 0 Å². The van der Waals surface area contributed by atoms with E-state index in [4.69, 9.17) is 14.2 Å². The van der Waals surface area contributed by atoms with Crippen LogP contribution in [0.5, 0.6) is 11.5 Å². The first kappa shape index (κ1) is 18.3. The first-order valence-corrected chi connectivity index (χ1v) is 8.12. The third-order valence-electron chi connectivity index (χ3n) is 3.35. The Kier molecular flexibility index (Phi) is 9.46. The molecule has 0 saturated carbocycles. The van der Waals surface area contributed by atoms with Crippen molar-refractivity contribution in [1.82, 2.24) is 5.32 Å². The van der Waals surface area contributed by atoms with Crippen LogP contribution in [0, 0.1) is 0 Å². The molecule has 0 aliphatic carbocycles. The van der Waals surface area contributed by atoms with Crippen LogP contribution in [0.4, 0.5) is 0 Å². The van der Waals surface area contributed by atoms with Gasteiger partial charge in [-0.25, -0.2) is 0 Å². The van der Waals surface area contributed by atoms with E-state index in [1.807, 2.05) is 12.1 Å². The average Bonchev–Trinajstić information content (AvgIpc) is 2.50. The summed E-state index contributed by atoms with van der Waals surface area (Å²) in [6.07, 6.45) is 4.53. The number of nitrogens with one attached hydrogen (secondary N) is 1. The van der Waals surface area contributed by atoms with Crippen LogP contribution in [-0.2, 0) is 11.2 Å². The standard InChI is InChI=1S/C16H26BrNO3/c1-19-10-9-18-8-6-4-5-7-14-15(17)11-13(20-2)12-16(14)21-3/h11-12,18H,4-10H2,1-3H3. The van der Waals surface area contributed by atoms with Gasteiger partial charge in [-0.05, 0) is 31.9 Å². The second kappa shape index (κ2) is 10.9. The Labute approximate surface area is 136 Å². The van der Waals surface area contributed by atoms with E-state index in [0.717, 1.165) is 48.5 Å². The van der Waals surface area contributed by atoms with E-state index in [0.29, 0.717) is 0 Å². The second-order valence-electron chi connectivity index (χ2n) is 4.84. The van der Waals surface area contributed by atoms with Crippen molar-refractivity contribution in [2.75, 3.05) is 41.0 Å². The van der Waals surface area contributed by atoms with Gasteiger partial charge >= 0.3 is 0 Å². The molecule has 0 radical (unpaired) electrons. The van der Waals surface area contributed by atoms with Crippen molar-refractivity contribution >= 4 is 15.9 Å². The Morgan fingerprint density at radius 3 is 2.48 bits per heavy atom. The first-order valence-electron chi connectivity index (χ1n) is 7.33. The Balaban J connectivity index is 2.34. The highest BCUT2D eigenvalue weighted by molar-refractivity contribution is 9.10. The monoisotopic (exact) mass is 359 g/mol. The molecule has 1 aromatic carbocycles. The molecule has 1 aromatic rings. The smallest absolute Gasteiger partial charge is 0.126 e. The molecule has 0 bridgehead atoms. The molecular formula is C16H26BrNO3. The van der Waals surface area contributed by atoms with Crippen molar-refractivity contribution in [3.63, 3.8) is 0 Å². The molecule has 1 rings (SSSR count). The third-order valence-corrected chi connectivity index (χ3v) is 4.05. The summed E-state index contributed by atoms with van der Waals surface area (Å²) in [6.45, 7) is 2.74. The number of unbranched alkanes of at least 4 members (excludes halogenated alkanes) is 2. The minimum Gasteiger partial charge on any atom is -0.497 e. The second-order valence-corrected chi connectivity index (χ2v) is 5.70. The van der Waals surface area contributed by atoms with Gasteiger partial charge in [-0.1, -0.05) is 22.4 Å². The molecule has 0 atom stereocenters. The number of hydrogen-bond donors (Lipinski definition) is 1. The molecule has 0 spiro atoms. The summed E-state index contributed by atoms with van der Waals surface area (Å²) < 4.78 is 16.8. The van der Waals surface area contributed by atoms with Crippen molar-refractivity contribution in [3.8, 4) is 11.5 Å². The van der Waals surface area contributed by atoms with E-state index in [1.165, 1.54) is 18.4 Å². The molecule has 120 valence electrons. The zero-order valence-corrected chi connectivity index (χ0v) is 14.8. The lowest BCUT2D eigenvalue weighted by atomic mass is 10.1. The molecule has 0 fully saturated rings. The van der Waals surface area contributed by atoms with E-state index in [1.54, 1.807) is 21.3 Å². The van der Waals surface area contributed by atoms with Crippen molar-refractivity contribution in [3.05, 3.63) is 22.2 Å². The Bertz CT molecular complexity index is 413. The van der Waals surface area contributed by atoms with E-state index in [2.05, 4.69) is 21.2 Å². The van der Waals surface area contributed by atoms with Crippen molar-refractivity contribution in [1.29, 1.82) is 0 Å². The van der Waals surface area contributed by atoms with Crippen LogP contribution in [0.2, 0.25) is 0 Å². The summed E-state index contributed by atoms with van der Waals surface area (Å²) in [5.74, 6) is 1.70. The molecule has 0 amide bonds. The van der Waals surface area contributed by atoms with E-state index < -0.39 is 0 Å². The van der Waals surface area contributed by atoms with Crippen LogP contribution in [0.25, 0.3) is 0 Å². The maximum absolute atomic E-state index is 5.45. The van der Waals surface area contributed by atoms with Crippen molar-refractivity contribution in [2.24, 2.45) is 0 Å². The molecule has 21 heavy (non-hydrogen) atoms. The predicted molar refractivity (Wildman–Crippen MR) is 89.5 cm³/mol. The minimum absolute atomic E-state index is 0.774. The summed E-state index contributed by atoms with van der Waals surface area (Å²) in [6, 6.07) is 3.93. The average molecular weight is 360 g/mol. The molecule has 1 N–H and O–H groups in total.